The van der Waals surface area contributed by atoms with E-state index in [9.17, 15) is 22.0 Å². The van der Waals surface area contributed by atoms with Gasteiger partial charge in [0.15, 0.2) is 23.3 Å². The summed E-state index contributed by atoms with van der Waals surface area (Å²) in [4.78, 5) is 0. The summed E-state index contributed by atoms with van der Waals surface area (Å²) in [5.74, 6) is -10.1. The van der Waals surface area contributed by atoms with Crippen LogP contribution in [0.2, 0.25) is 0 Å². The molecule has 0 radical (unpaired) electrons. The quantitative estimate of drug-likeness (QED) is 0.407. The number of nitrogens with two attached hydrogens (primary N) is 1. The van der Waals surface area contributed by atoms with Gasteiger partial charge in [-0.3, -0.25) is 0 Å². The highest BCUT2D eigenvalue weighted by Gasteiger charge is 2.30. The summed E-state index contributed by atoms with van der Waals surface area (Å²) in [6.45, 7) is 0. The van der Waals surface area contributed by atoms with Crippen LogP contribution in [0.15, 0.2) is 27.1 Å². The molecule has 0 aliphatic heterocycles. The number of hydrogen-bond donors (Lipinski definition) is 1. The number of halogens is 7. The zero-order valence-electron chi connectivity index (χ0n) is 10.0. The molecule has 2 aromatic rings. The second-order valence-corrected chi connectivity index (χ2v) is 5.90. The summed E-state index contributed by atoms with van der Waals surface area (Å²) < 4.78 is 67.9. The van der Waals surface area contributed by atoms with Crippen LogP contribution in [0.3, 0.4) is 0 Å². The third kappa shape index (κ3) is 2.84. The Balaban J connectivity index is 2.69. The lowest BCUT2D eigenvalue weighted by Gasteiger charge is -2.17. The summed E-state index contributed by atoms with van der Waals surface area (Å²) in [6, 6.07) is 3.05. The lowest BCUT2D eigenvalue weighted by atomic mass is 9.98. The summed E-state index contributed by atoms with van der Waals surface area (Å²) in [6.07, 6.45) is 0. The van der Waals surface area contributed by atoms with E-state index in [0.29, 0.717) is 8.95 Å². The lowest BCUT2D eigenvalue weighted by Crippen LogP contribution is -2.19. The van der Waals surface area contributed by atoms with Crippen LogP contribution in [0.4, 0.5) is 22.0 Å². The Labute approximate surface area is 133 Å². The van der Waals surface area contributed by atoms with Gasteiger partial charge in [-0.1, -0.05) is 31.9 Å². The van der Waals surface area contributed by atoms with Crippen molar-refractivity contribution in [3.8, 4) is 0 Å². The van der Waals surface area contributed by atoms with Crippen LogP contribution in [0, 0.1) is 29.1 Å². The van der Waals surface area contributed by atoms with Gasteiger partial charge in [0, 0.05) is 8.95 Å². The molecule has 0 aromatic heterocycles. The molecule has 2 N–H and O–H groups in total. The Bertz CT molecular complexity index is 691. The fourth-order valence-electron chi connectivity index (χ4n) is 1.80. The molecule has 0 aliphatic rings. The number of hydrogen-bond acceptors (Lipinski definition) is 1. The van der Waals surface area contributed by atoms with Crippen molar-refractivity contribution in [2.75, 3.05) is 0 Å². The van der Waals surface area contributed by atoms with E-state index in [2.05, 4.69) is 31.9 Å². The highest BCUT2D eigenvalue weighted by atomic mass is 79.9. The minimum absolute atomic E-state index is 0.174. The molecule has 2 aromatic carbocycles. The maximum absolute atomic E-state index is 13.7. The zero-order valence-corrected chi connectivity index (χ0v) is 13.2. The standard InChI is InChI=1S/C13H6Br2F5N/c14-4-1-2-6(15)5(3-4)13(21)7-8(16)10(18)12(20)11(19)9(7)17/h1-3,13H,21H2. The first-order valence-corrected chi connectivity index (χ1v) is 7.06. The van der Waals surface area contributed by atoms with Gasteiger partial charge >= 0.3 is 0 Å². The first kappa shape index (κ1) is 16.4. The Morgan fingerprint density at radius 2 is 1.29 bits per heavy atom. The maximum atomic E-state index is 13.7. The Morgan fingerprint density at radius 1 is 0.810 bits per heavy atom. The first-order chi connectivity index (χ1) is 9.75. The molecule has 0 saturated carbocycles. The monoisotopic (exact) mass is 429 g/mol. The molecule has 112 valence electrons. The molecule has 0 amide bonds. The van der Waals surface area contributed by atoms with E-state index in [1.807, 2.05) is 0 Å². The second kappa shape index (κ2) is 6.02. The smallest absolute Gasteiger partial charge is 0.200 e. The molecule has 0 saturated heterocycles. The third-order valence-corrected chi connectivity index (χ3v) is 4.06. The molecule has 21 heavy (non-hydrogen) atoms. The Hall–Kier alpha value is -0.990. The molecule has 2 rings (SSSR count). The molecule has 1 nitrogen and oxygen atoms in total. The van der Waals surface area contributed by atoms with Crippen molar-refractivity contribution in [3.05, 3.63) is 67.4 Å². The van der Waals surface area contributed by atoms with Crippen LogP contribution < -0.4 is 5.73 Å². The van der Waals surface area contributed by atoms with Gasteiger partial charge in [0.1, 0.15) is 0 Å². The van der Waals surface area contributed by atoms with Gasteiger partial charge in [-0.25, -0.2) is 22.0 Å². The minimum atomic E-state index is -2.21. The Kier molecular flexibility index (Phi) is 4.69. The number of rotatable bonds is 2. The van der Waals surface area contributed by atoms with Crippen molar-refractivity contribution < 1.29 is 22.0 Å². The van der Waals surface area contributed by atoms with E-state index < -0.39 is 40.7 Å². The van der Waals surface area contributed by atoms with Crippen molar-refractivity contribution in [2.24, 2.45) is 5.73 Å². The molecule has 0 bridgehead atoms. The predicted octanol–water partition coefficient (Wildman–Crippen LogP) is 4.96. The van der Waals surface area contributed by atoms with Gasteiger partial charge in [0.2, 0.25) is 5.82 Å². The minimum Gasteiger partial charge on any atom is -0.320 e. The van der Waals surface area contributed by atoms with Gasteiger partial charge in [0.05, 0.1) is 11.6 Å². The van der Waals surface area contributed by atoms with Gasteiger partial charge in [-0.2, -0.15) is 0 Å². The van der Waals surface area contributed by atoms with Crippen LogP contribution >= 0.6 is 31.9 Å². The molecule has 1 atom stereocenters. The van der Waals surface area contributed by atoms with Crippen molar-refractivity contribution in [1.82, 2.24) is 0 Å². The summed E-state index contributed by atoms with van der Waals surface area (Å²) in [5.41, 5.74) is 4.78. The van der Waals surface area contributed by atoms with Gasteiger partial charge in [-0.15, -0.1) is 0 Å². The molecular formula is C13H6Br2F5N. The average Bonchev–Trinajstić information content (AvgIpc) is 2.45. The van der Waals surface area contributed by atoms with Gasteiger partial charge in [0.25, 0.3) is 0 Å². The van der Waals surface area contributed by atoms with Crippen LogP contribution in [-0.2, 0) is 0 Å². The lowest BCUT2D eigenvalue weighted by molar-refractivity contribution is 0.367. The van der Waals surface area contributed by atoms with E-state index in [1.165, 1.54) is 12.1 Å². The van der Waals surface area contributed by atoms with Crippen molar-refractivity contribution in [1.29, 1.82) is 0 Å². The summed E-state index contributed by atoms with van der Waals surface area (Å²) in [7, 11) is 0. The third-order valence-electron chi connectivity index (χ3n) is 2.85. The van der Waals surface area contributed by atoms with Crippen molar-refractivity contribution in [3.63, 3.8) is 0 Å². The van der Waals surface area contributed by atoms with E-state index >= 15 is 0 Å². The van der Waals surface area contributed by atoms with Crippen LogP contribution in [0.1, 0.15) is 17.2 Å². The Morgan fingerprint density at radius 3 is 1.81 bits per heavy atom. The van der Waals surface area contributed by atoms with E-state index in [1.54, 1.807) is 6.07 Å². The zero-order chi connectivity index (χ0) is 15.9. The highest BCUT2D eigenvalue weighted by molar-refractivity contribution is 9.11. The second-order valence-electron chi connectivity index (χ2n) is 4.13. The van der Waals surface area contributed by atoms with Crippen LogP contribution in [-0.4, -0.2) is 0 Å². The molecular weight excluding hydrogens is 425 g/mol. The largest absolute Gasteiger partial charge is 0.320 e. The predicted molar refractivity (Wildman–Crippen MR) is 74.1 cm³/mol. The SMILES string of the molecule is NC(c1cc(Br)ccc1Br)c1c(F)c(F)c(F)c(F)c1F. The van der Waals surface area contributed by atoms with Crippen molar-refractivity contribution in [2.45, 2.75) is 6.04 Å². The fraction of sp³-hybridized carbons (Fsp3) is 0.0769. The van der Waals surface area contributed by atoms with E-state index in [-0.39, 0.29) is 5.56 Å². The van der Waals surface area contributed by atoms with E-state index in [0.717, 1.165) is 0 Å². The molecule has 0 aliphatic carbocycles. The maximum Gasteiger partial charge on any atom is 0.200 e. The molecule has 0 heterocycles. The van der Waals surface area contributed by atoms with Crippen LogP contribution in [0.5, 0.6) is 0 Å². The first-order valence-electron chi connectivity index (χ1n) is 5.47. The highest BCUT2D eigenvalue weighted by Crippen LogP contribution is 2.34. The molecule has 0 spiro atoms. The average molecular weight is 431 g/mol. The summed E-state index contributed by atoms with van der Waals surface area (Å²) >= 11 is 6.26. The molecule has 0 fully saturated rings. The summed E-state index contributed by atoms with van der Waals surface area (Å²) in [5, 5.41) is 0. The normalized spacial score (nSPS) is 12.6. The van der Waals surface area contributed by atoms with Crippen LogP contribution in [0.25, 0.3) is 0 Å². The van der Waals surface area contributed by atoms with Gasteiger partial charge < -0.3 is 5.73 Å². The number of benzene rings is 2. The molecule has 8 heteroatoms. The van der Waals surface area contributed by atoms with E-state index in [4.69, 9.17) is 5.73 Å². The topological polar surface area (TPSA) is 26.0 Å². The van der Waals surface area contributed by atoms with Crippen molar-refractivity contribution >= 4 is 31.9 Å². The molecule has 1 unspecified atom stereocenters. The fourth-order valence-corrected chi connectivity index (χ4v) is 2.68. The van der Waals surface area contributed by atoms with Gasteiger partial charge in [-0.05, 0) is 23.8 Å².